The molecule has 2 heterocycles. The van der Waals surface area contributed by atoms with Gasteiger partial charge in [0.25, 0.3) is 5.69 Å². The molecule has 0 fully saturated rings. The second-order valence-corrected chi connectivity index (χ2v) is 9.73. The number of anilines is 1. The van der Waals surface area contributed by atoms with Gasteiger partial charge in [-0.1, -0.05) is 6.07 Å². The van der Waals surface area contributed by atoms with Crippen LogP contribution < -0.4 is 10.6 Å². The van der Waals surface area contributed by atoms with Crippen molar-refractivity contribution in [1.29, 1.82) is 5.26 Å². The molecule has 158 valence electrons. The maximum atomic E-state index is 13.2. The van der Waals surface area contributed by atoms with Crippen molar-refractivity contribution in [2.75, 3.05) is 11.2 Å². The highest BCUT2D eigenvalue weighted by Gasteiger charge is 2.41. The number of aryl methyl sites for hydroxylation is 1. The van der Waals surface area contributed by atoms with Crippen LogP contribution in [0, 0.1) is 28.4 Å². The molecule has 1 aliphatic heterocycles. The molecule has 4 rings (SSSR count). The Labute approximate surface area is 188 Å². The van der Waals surface area contributed by atoms with E-state index in [4.69, 9.17) is 5.73 Å². The van der Waals surface area contributed by atoms with Crippen LogP contribution in [0.25, 0.3) is 0 Å². The number of hydrogen-bond acceptors (Lipinski definition) is 8. The highest BCUT2D eigenvalue weighted by atomic mass is 32.2. The number of rotatable bonds is 4. The Hall–Kier alpha value is -3.09. The van der Waals surface area contributed by atoms with Crippen LogP contribution in [0.15, 0.2) is 57.2 Å². The molecule has 2 N–H and O–H groups in total. The van der Waals surface area contributed by atoms with Crippen molar-refractivity contribution in [3.05, 3.63) is 73.6 Å². The number of carbonyl (C=O) groups is 1. The Morgan fingerprint density at radius 1 is 1.35 bits per heavy atom. The van der Waals surface area contributed by atoms with Crippen molar-refractivity contribution in [1.82, 2.24) is 0 Å². The van der Waals surface area contributed by atoms with Crippen LogP contribution in [0.1, 0.15) is 35.6 Å². The molecule has 0 saturated carbocycles. The summed E-state index contributed by atoms with van der Waals surface area (Å²) < 4.78 is 1.05. The van der Waals surface area contributed by atoms with Crippen molar-refractivity contribution in [3.8, 4) is 6.07 Å². The number of thioether (sulfide) groups is 1. The third-order valence-electron chi connectivity index (χ3n) is 5.56. The van der Waals surface area contributed by atoms with Gasteiger partial charge in [-0.05, 0) is 43.7 Å². The summed E-state index contributed by atoms with van der Waals surface area (Å²) in [6.45, 7) is 2.00. The molecule has 2 aliphatic rings. The fourth-order valence-electron chi connectivity index (χ4n) is 4.31. The number of thiophene rings is 1. The molecular weight excluding hydrogens is 432 g/mol. The summed E-state index contributed by atoms with van der Waals surface area (Å²) in [6.07, 6.45) is 3.67. The van der Waals surface area contributed by atoms with Gasteiger partial charge in [0, 0.05) is 34.7 Å². The van der Waals surface area contributed by atoms with Crippen LogP contribution in [0.2, 0.25) is 0 Å². The first-order valence-electron chi connectivity index (χ1n) is 9.72. The van der Waals surface area contributed by atoms with E-state index < -0.39 is 10.8 Å². The van der Waals surface area contributed by atoms with Gasteiger partial charge < -0.3 is 5.73 Å². The molecule has 1 aromatic carbocycles. The van der Waals surface area contributed by atoms with Crippen LogP contribution in [0.4, 0.5) is 11.4 Å². The molecule has 0 radical (unpaired) electrons. The number of ketones is 1. The van der Waals surface area contributed by atoms with E-state index in [1.54, 1.807) is 40.1 Å². The lowest BCUT2D eigenvalue weighted by molar-refractivity contribution is -0.384. The number of hydrogen-bond donors (Lipinski definition) is 1. The van der Waals surface area contributed by atoms with Gasteiger partial charge in [-0.15, -0.1) is 23.1 Å². The van der Waals surface area contributed by atoms with Gasteiger partial charge >= 0.3 is 0 Å². The number of nitro benzene ring substituents is 1. The third kappa shape index (κ3) is 3.52. The third-order valence-corrected chi connectivity index (χ3v) is 7.77. The number of non-ortho nitro benzene ring substituents is 1. The minimum atomic E-state index is -0.518. The second-order valence-electron chi connectivity index (χ2n) is 7.40. The van der Waals surface area contributed by atoms with E-state index >= 15 is 0 Å². The predicted molar refractivity (Wildman–Crippen MR) is 122 cm³/mol. The molecule has 0 amide bonds. The second kappa shape index (κ2) is 8.21. The molecule has 1 atom stereocenters. The maximum Gasteiger partial charge on any atom is 0.271 e. The van der Waals surface area contributed by atoms with Crippen LogP contribution in [-0.4, -0.2) is 17.0 Å². The molecule has 31 heavy (non-hydrogen) atoms. The first-order chi connectivity index (χ1) is 14.9. The number of nitrogens with two attached hydrogens (primary N) is 1. The summed E-state index contributed by atoms with van der Waals surface area (Å²) in [6, 6.07) is 10.4. The Morgan fingerprint density at radius 3 is 2.81 bits per heavy atom. The Bertz CT molecular complexity index is 1210. The Kier molecular flexibility index (Phi) is 5.60. The summed E-state index contributed by atoms with van der Waals surface area (Å²) in [5.41, 5.74) is 9.47. The van der Waals surface area contributed by atoms with Gasteiger partial charge in [-0.2, -0.15) is 5.26 Å². The molecule has 0 spiro atoms. The van der Waals surface area contributed by atoms with Crippen LogP contribution in [-0.2, 0) is 4.79 Å². The number of nitriles is 1. The zero-order valence-corrected chi connectivity index (χ0v) is 18.7. The van der Waals surface area contributed by atoms with Gasteiger partial charge in [0.15, 0.2) is 5.78 Å². The number of carbonyl (C=O) groups excluding carboxylic acids is 1. The van der Waals surface area contributed by atoms with Crippen LogP contribution in [0.3, 0.4) is 0 Å². The van der Waals surface area contributed by atoms with Crippen LogP contribution in [0.5, 0.6) is 0 Å². The molecule has 0 bridgehead atoms. The van der Waals surface area contributed by atoms with Gasteiger partial charge in [-0.3, -0.25) is 19.8 Å². The first kappa shape index (κ1) is 21.2. The lowest BCUT2D eigenvalue weighted by atomic mass is 9.76. The Morgan fingerprint density at radius 2 is 2.13 bits per heavy atom. The molecule has 7 nitrogen and oxygen atoms in total. The van der Waals surface area contributed by atoms with Gasteiger partial charge in [0.05, 0.1) is 32.4 Å². The molecular formula is C22H20N4O3S2. The van der Waals surface area contributed by atoms with Crippen molar-refractivity contribution in [2.24, 2.45) is 5.73 Å². The van der Waals surface area contributed by atoms with E-state index in [1.807, 2.05) is 19.2 Å². The van der Waals surface area contributed by atoms with E-state index in [0.29, 0.717) is 36.1 Å². The smallest absolute Gasteiger partial charge is 0.271 e. The zero-order valence-electron chi connectivity index (χ0n) is 17.0. The number of allylic oxidation sites excluding steroid dienone is 3. The van der Waals surface area contributed by atoms with Gasteiger partial charge in [0.1, 0.15) is 5.82 Å². The quantitative estimate of drug-likeness (QED) is 0.395. The number of nitro groups is 1. The molecule has 9 heteroatoms. The summed E-state index contributed by atoms with van der Waals surface area (Å²) in [5.74, 6) is -0.301. The highest BCUT2D eigenvalue weighted by molar-refractivity contribution is 8.00. The molecule has 2 aromatic rings. The fourth-order valence-corrected chi connectivity index (χ4v) is 6.22. The average Bonchev–Trinajstić information content (AvgIpc) is 3.13. The van der Waals surface area contributed by atoms with E-state index in [-0.39, 0.29) is 17.3 Å². The first-order valence-corrected chi connectivity index (χ1v) is 11.8. The molecule has 0 saturated heterocycles. The maximum absolute atomic E-state index is 13.2. The number of Topliss-reactive ketones (excluding diaryl/α,β-unsaturated/α-hetero) is 1. The monoisotopic (exact) mass is 452 g/mol. The highest BCUT2D eigenvalue weighted by Crippen LogP contribution is 2.49. The summed E-state index contributed by atoms with van der Waals surface area (Å²) in [5, 5.41) is 21.4. The van der Waals surface area contributed by atoms with E-state index in [9.17, 15) is 20.2 Å². The predicted octanol–water partition coefficient (Wildman–Crippen LogP) is 4.99. The zero-order chi connectivity index (χ0) is 22.3. The summed E-state index contributed by atoms with van der Waals surface area (Å²) in [4.78, 5) is 26.8. The number of nitrogens with zero attached hydrogens (tertiary/aromatic N) is 3. The molecule has 1 aromatic heterocycles. The lowest BCUT2D eigenvalue weighted by Gasteiger charge is -2.39. The summed E-state index contributed by atoms with van der Waals surface area (Å²) >= 11 is 3.22. The minimum absolute atomic E-state index is 0.00200. The fraction of sp³-hybridized carbons (Fsp3) is 0.273. The van der Waals surface area contributed by atoms with Crippen molar-refractivity contribution < 1.29 is 9.72 Å². The summed E-state index contributed by atoms with van der Waals surface area (Å²) in [7, 11) is 0. The normalized spacial score (nSPS) is 18.8. The Balaban J connectivity index is 1.98. The van der Waals surface area contributed by atoms with Gasteiger partial charge in [0.2, 0.25) is 0 Å². The van der Waals surface area contributed by atoms with E-state index in [0.717, 1.165) is 20.3 Å². The molecule has 0 unspecified atom stereocenters. The van der Waals surface area contributed by atoms with E-state index in [2.05, 4.69) is 6.07 Å². The van der Waals surface area contributed by atoms with Gasteiger partial charge in [-0.25, -0.2) is 0 Å². The standard InChI is InChI=1S/C22H20N4O3S2/c1-12-9-15(22(30-2)31-12)19-16(11-23)21(24)25(17-7-4-8-18(27)20(17)19)13-5-3-6-14(10-13)26(28)29/h3,5-6,9-10,19H,4,7-8,24H2,1-2H3/t19-/m0/s1. The van der Waals surface area contributed by atoms with Crippen molar-refractivity contribution in [3.63, 3.8) is 0 Å². The topological polar surface area (TPSA) is 113 Å². The van der Waals surface area contributed by atoms with Crippen molar-refractivity contribution >= 4 is 40.3 Å². The van der Waals surface area contributed by atoms with E-state index in [1.165, 1.54) is 12.1 Å². The largest absolute Gasteiger partial charge is 0.384 e. The van der Waals surface area contributed by atoms with Crippen molar-refractivity contribution in [2.45, 2.75) is 36.3 Å². The molecule has 1 aliphatic carbocycles. The minimum Gasteiger partial charge on any atom is -0.384 e. The number of benzene rings is 1. The van der Waals surface area contributed by atoms with Crippen LogP contribution >= 0.6 is 23.1 Å². The average molecular weight is 453 g/mol. The lowest BCUT2D eigenvalue weighted by Crippen LogP contribution is -2.38. The SMILES string of the molecule is CSc1sc(C)cc1[C@H]1C(C#N)=C(N)N(c2cccc([N+](=O)[O-])c2)C2=C1C(=O)CCC2.